The van der Waals surface area contributed by atoms with Crippen LogP contribution in [0, 0.1) is 0 Å². The molecule has 2 unspecified atom stereocenters. The molecule has 2 aliphatic heterocycles. The van der Waals surface area contributed by atoms with Crippen LogP contribution >= 0.6 is 23.5 Å². The molecule has 0 aliphatic carbocycles. The molecule has 0 aromatic heterocycles. The van der Waals surface area contributed by atoms with E-state index >= 15 is 0 Å². The van der Waals surface area contributed by atoms with E-state index in [1.165, 1.54) is 23.5 Å². The van der Waals surface area contributed by atoms with Gasteiger partial charge in [-0.3, -0.25) is 0 Å². The van der Waals surface area contributed by atoms with Crippen molar-refractivity contribution >= 4 is 35.5 Å². The molecule has 0 radical (unpaired) electrons. The molecular formula is C14H14O3S2. The fraction of sp³-hybridized carbons (Fsp3) is 0.286. The lowest BCUT2D eigenvalue weighted by Crippen LogP contribution is -2.30. The molecule has 0 spiro atoms. The zero-order valence-electron chi connectivity index (χ0n) is 10.7. The highest BCUT2D eigenvalue weighted by Gasteiger charge is 2.30. The summed E-state index contributed by atoms with van der Waals surface area (Å²) in [6.07, 6.45) is 7.47. The smallest absolute Gasteiger partial charge is 0.331 e. The third-order valence-electron chi connectivity index (χ3n) is 2.76. The van der Waals surface area contributed by atoms with Crippen LogP contribution in [-0.4, -0.2) is 22.4 Å². The summed E-state index contributed by atoms with van der Waals surface area (Å²) in [5.41, 5.74) is 1.79. The summed E-state index contributed by atoms with van der Waals surface area (Å²) >= 11 is 2.72. The first-order valence-corrected chi connectivity index (χ1v) is 7.71. The Balaban J connectivity index is 1.98. The van der Waals surface area contributed by atoms with Crippen LogP contribution in [-0.2, 0) is 14.3 Å². The highest BCUT2D eigenvalue weighted by atomic mass is 32.2. The first kappa shape index (κ1) is 14.2. The van der Waals surface area contributed by atoms with Crippen molar-refractivity contribution in [1.29, 1.82) is 0 Å². The van der Waals surface area contributed by atoms with Crippen LogP contribution in [0.3, 0.4) is 0 Å². The second-order valence-electron chi connectivity index (χ2n) is 4.25. The van der Waals surface area contributed by atoms with E-state index in [0.717, 1.165) is 11.1 Å². The number of thioether (sulfide) groups is 2. The summed E-state index contributed by atoms with van der Waals surface area (Å²) in [7, 11) is 0. The Labute approximate surface area is 120 Å². The summed E-state index contributed by atoms with van der Waals surface area (Å²) in [6, 6.07) is 0. The molecule has 5 heteroatoms. The first-order chi connectivity index (χ1) is 9.09. The van der Waals surface area contributed by atoms with Gasteiger partial charge in [-0.05, 0) is 35.8 Å². The fourth-order valence-corrected chi connectivity index (χ4v) is 3.27. The van der Waals surface area contributed by atoms with E-state index < -0.39 is 22.4 Å². The van der Waals surface area contributed by atoms with E-state index in [9.17, 15) is 9.59 Å². The third-order valence-corrected chi connectivity index (χ3v) is 5.06. The third kappa shape index (κ3) is 3.42. The average molecular weight is 294 g/mol. The predicted octanol–water partition coefficient (Wildman–Crippen LogP) is 3.21. The molecule has 0 aromatic carbocycles. The fourth-order valence-electron chi connectivity index (χ4n) is 1.71. The summed E-state index contributed by atoms with van der Waals surface area (Å²) < 4.78 is 5.00. The normalized spacial score (nSPS) is 25.6. The van der Waals surface area contributed by atoms with Gasteiger partial charge in [-0.1, -0.05) is 24.3 Å². The van der Waals surface area contributed by atoms with Crippen molar-refractivity contribution in [2.45, 2.75) is 24.3 Å². The maximum atomic E-state index is 12.0. The second kappa shape index (κ2) is 6.30. The van der Waals surface area contributed by atoms with Crippen LogP contribution in [0.2, 0.25) is 0 Å². The molecule has 0 fully saturated rings. The maximum Gasteiger partial charge on any atom is 0.331 e. The molecule has 0 saturated carbocycles. The van der Waals surface area contributed by atoms with Crippen LogP contribution in [0.5, 0.6) is 0 Å². The Hall–Kier alpha value is -1.20. The summed E-state index contributed by atoms with van der Waals surface area (Å²) in [5.74, 6) is -0.980. The summed E-state index contributed by atoms with van der Waals surface area (Å²) in [5, 5.41) is 2.82. The number of ether oxygens (including phenoxy) is 1. The van der Waals surface area contributed by atoms with Crippen molar-refractivity contribution in [3.63, 3.8) is 0 Å². The molecule has 0 aromatic rings. The van der Waals surface area contributed by atoms with Gasteiger partial charge in [-0.25, -0.2) is 9.59 Å². The van der Waals surface area contributed by atoms with Crippen molar-refractivity contribution in [1.82, 2.24) is 0 Å². The van der Waals surface area contributed by atoms with Crippen molar-refractivity contribution in [2.24, 2.45) is 0 Å². The standard InChI is InChI=1S/C14H14O3S2/c1-9-5-3-7-18-11(9)13(15)17-14(16)12-10(2)6-4-8-19-12/h3-8,11-12H,1-2H3. The topological polar surface area (TPSA) is 43.4 Å². The second-order valence-corrected chi connectivity index (χ2v) is 6.28. The lowest BCUT2D eigenvalue weighted by atomic mass is 10.2. The molecule has 0 N–H and O–H groups in total. The van der Waals surface area contributed by atoms with Crippen LogP contribution in [0.4, 0.5) is 0 Å². The number of carbonyl (C=O) groups excluding carboxylic acids is 2. The molecule has 2 rings (SSSR count). The van der Waals surface area contributed by atoms with Crippen LogP contribution in [0.25, 0.3) is 0 Å². The Kier molecular flexibility index (Phi) is 4.71. The SMILES string of the molecule is CC1=CC=CSC1C(=O)OC(=O)C1SC=CC=C1C. The lowest BCUT2D eigenvalue weighted by molar-refractivity contribution is -0.157. The van der Waals surface area contributed by atoms with Gasteiger partial charge < -0.3 is 4.74 Å². The van der Waals surface area contributed by atoms with Crippen molar-refractivity contribution < 1.29 is 14.3 Å². The van der Waals surface area contributed by atoms with E-state index in [-0.39, 0.29) is 0 Å². The highest BCUT2D eigenvalue weighted by Crippen LogP contribution is 2.28. The minimum atomic E-state index is -0.490. The van der Waals surface area contributed by atoms with Crippen LogP contribution in [0.1, 0.15) is 13.8 Å². The average Bonchev–Trinajstić information content (AvgIpc) is 2.39. The van der Waals surface area contributed by atoms with E-state index in [1.54, 1.807) is 0 Å². The van der Waals surface area contributed by atoms with E-state index in [1.807, 2.05) is 49.0 Å². The molecule has 0 bridgehead atoms. The predicted molar refractivity (Wildman–Crippen MR) is 79.7 cm³/mol. The van der Waals surface area contributed by atoms with Crippen LogP contribution < -0.4 is 0 Å². The first-order valence-electron chi connectivity index (χ1n) is 5.82. The Morgan fingerprint density at radius 3 is 1.74 bits per heavy atom. The van der Waals surface area contributed by atoms with Gasteiger partial charge in [0.05, 0.1) is 0 Å². The highest BCUT2D eigenvalue weighted by molar-refractivity contribution is 8.04. The Morgan fingerprint density at radius 1 is 0.947 bits per heavy atom. The minimum Gasteiger partial charge on any atom is -0.391 e. The number of rotatable bonds is 2. The van der Waals surface area contributed by atoms with Gasteiger partial charge in [0.1, 0.15) is 10.5 Å². The van der Waals surface area contributed by atoms with Gasteiger partial charge in [0, 0.05) is 0 Å². The molecule has 19 heavy (non-hydrogen) atoms. The Morgan fingerprint density at radius 2 is 1.37 bits per heavy atom. The molecule has 2 aliphatic rings. The lowest BCUT2D eigenvalue weighted by Gasteiger charge is -2.19. The number of carbonyl (C=O) groups is 2. The van der Waals surface area contributed by atoms with Gasteiger partial charge in [0.25, 0.3) is 0 Å². The van der Waals surface area contributed by atoms with E-state index in [2.05, 4.69) is 0 Å². The van der Waals surface area contributed by atoms with Gasteiger partial charge in [0.15, 0.2) is 0 Å². The van der Waals surface area contributed by atoms with Gasteiger partial charge in [-0.2, -0.15) is 0 Å². The quantitative estimate of drug-likeness (QED) is 0.578. The molecule has 3 nitrogen and oxygen atoms in total. The molecular weight excluding hydrogens is 280 g/mol. The number of hydrogen-bond donors (Lipinski definition) is 0. The summed E-state index contributed by atoms with van der Waals surface area (Å²) in [6.45, 7) is 3.71. The minimum absolute atomic E-state index is 0.414. The van der Waals surface area contributed by atoms with Crippen molar-refractivity contribution in [3.8, 4) is 0 Å². The maximum absolute atomic E-state index is 12.0. The zero-order valence-corrected chi connectivity index (χ0v) is 12.3. The molecule has 2 heterocycles. The van der Waals surface area contributed by atoms with Gasteiger partial charge in [0.2, 0.25) is 0 Å². The zero-order chi connectivity index (χ0) is 13.8. The van der Waals surface area contributed by atoms with Crippen LogP contribution in [0.15, 0.2) is 46.3 Å². The van der Waals surface area contributed by atoms with Crippen molar-refractivity contribution in [2.75, 3.05) is 0 Å². The monoisotopic (exact) mass is 294 g/mol. The van der Waals surface area contributed by atoms with Crippen molar-refractivity contribution in [3.05, 3.63) is 46.3 Å². The van der Waals surface area contributed by atoms with Gasteiger partial charge >= 0.3 is 11.9 Å². The van der Waals surface area contributed by atoms with E-state index in [4.69, 9.17) is 4.74 Å². The number of esters is 2. The number of allylic oxidation sites excluding steroid dienone is 4. The Bertz CT molecular complexity index is 469. The summed E-state index contributed by atoms with van der Waals surface area (Å²) in [4.78, 5) is 24.0. The molecule has 0 amide bonds. The van der Waals surface area contributed by atoms with Gasteiger partial charge in [-0.15, -0.1) is 23.5 Å². The molecule has 2 atom stereocenters. The number of hydrogen-bond acceptors (Lipinski definition) is 5. The largest absolute Gasteiger partial charge is 0.391 e. The van der Waals surface area contributed by atoms with E-state index in [0.29, 0.717) is 0 Å². The molecule has 100 valence electrons. The molecule has 0 saturated heterocycles.